The number of rotatable bonds is 7. The van der Waals surface area contributed by atoms with Gasteiger partial charge in [0.1, 0.15) is 5.75 Å². The maximum absolute atomic E-state index is 13.0. The summed E-state index contributed by atoms with van der Waals surface area (Å²) < 4.78 is 34.2. The van der Waals surface area contributed by atoms with Gasteiger partial charge in [0.25, 0.3) is 10.0 Å². The molecule has 1 heterocycles. The Morgan fingerprint density at radius 2 is 1.45 bits per heavy atom. The number of aromatic nitrogens is 2. The van der Waals surface area contributed by atoms with E-state index in [1.165, 1.54) is 0 Å². The summed E-state index contributed by atoms with van der Waals surface area (Å²) in [6, 6.07) is 21.3. The Hall–Kier alpha value is -3.65. The lowest BCUT2D eigenvalue weighted by molar-refractivity contribution is 0.342. The van der Waals surface area contributed by atoms with Crippen molar-refractivity contribution >= 4 is 38.4 Å². The molecule has 0 atom stereocenters. The molecular formula is C23H22N4O3S. The van der Waals surface area contributed by atoms with E-state index >= 15 is 0 Å². The van der Waals surface area contributed by atoms with Gasteiger partial charge in [0, 0.05) is 0 Å². The van der Waals surface area contributed by atoms with Crippen molar-refractivity contribution in [1.29, 1.82) is 0 Å². The number of benzene rings is 3. The third kappa shape index (κ3) is 4.59. The first kappa shape index (κ1) is 20.6. The zero-order valence-electron chi connectivity index (χ0n) is 17.2. The van der Waals surface area contributed by atoms with Crippen LogP contribution in [0.25, 0.3) is 11.0 Å². The Morgan fingerprint density at radius 3 is 2.13 bits per heavy atom. The van der Waals surface area contributed by atoms with Crippen molar-refractivity contribution in [2.75, 3.05) is 16.6 Å². The van der Waals surface area contributed by atoms with Gasteiger partial charge in [-0.3, -0.25) is 4.72 Å². The average Bonchev–Trinajstić information content (AvgIpc) is 2.76. The highest BCUT2D eigenvalue weighted by atomic mass is 32.2. The fourth-order valence-corrected chi connectivity index (χ4v) is 4.05. The van der Waals surface area contributed by atoms with E-state index in [-0.39, 0.29) is 16.5 Å². The lowest BCUT2D eigenvalue weighted by Crippen LogP contribution is -2.16. The summed E-state index contributed by atoms with van der Waals surface area (Å²) in [6.07, 6.45) is 0. The molecule has 0 aliphatic heterocycles. The fraction of sp³-hybridized carbons (Fsp3) is 0.130. The minimum Gasteiger partial charge on any atom is -0.492 e. The number of ether oxygens (including phenoxy) is 1. The molecule has 0 aliphatic rings. The number of nitrogens with one attached hydrogen (secondary N) is 2. The van der Waals surface area contributed by atoms with Crippen LogP contribution in [0.5, 0.6) is 5.75 Å². The topological polar surface area (TPSA) is 93.2 Å². The predicted octanol–water partition coefficient (Wildman–Crippen LogP) is 4.88. The number of para-hydroxylation sites is 4. The molecule has 31 heavy (non-hydrogen) atoms. The number of nitrogens with zero attached hydrogens (tertiary/aromatic N) is 2. The van der Waals surface area contributed by atoms with Gasteiger partial charge in [-0.15, -0.1) is 0 Å². The molecule has 0 saturated heterocycles. The maximum Gasteiger partial charge on any atom is 0.263 e. The molecule has 0 fully saturated rings. The van der Waals surface area contributed by atoms with Gasteiger partial charge in [0.05, 0.1) is 28.2 Å². The minimum atomic E-state index is -3.86. The summed E-state index contributed by atoms with van der Waals surface area (Å²) in [7, 11) is -3.86. The smallest absolute Gasteiger partial charge is 0.263 e. The van der Waals surface area contributed by atoms with Gasteiger partial charge in [0.15, 0.2) is 11.6 Å². The van der Waals surface area contributed by atoms with Gasteiger partial charge in [-0.1, -0.05) is 42.0 Å². The van der Waals surface area contributed by atoms with E-state index < -0.39 is 10.0 Å². The Labute approximate surface area is 181 Å². The molecule has 0 unspecified atom stereocenters. The lowest BCUT2D eigenvalue weighted by atomic mass is 10.2. The Kier molecular flexibility index (Phi) is 5.73. The molecule has 0 amide bonds. The van der Waals surface area contributed by atoms with Crippen LogP contribution in [0.1, 0.15) is 12.5 Å². The second kappa shape index (κ2) is 8.61. The van der Waals surface area contributed by atoms with E-state index in [1.807, 2.05) is 56.3 Å². The normalized spacial score (nSPS) is 11.3. The first-order chi connectivity index (χ1) is 15.0. The molecule has 0 saturated carbocycles. The minimum absolute atomic E-state index is 0.102. The van der Waals surface area contributed by atoms with Crippen LogP contribution in [0.4, 0.5) is 17.3 Å². The number of hydrogen-bond acceptors (Lipinski definition) is 6. The molecule has 0 aliphatic carbocycles. The molecule has 4 rings (SSSR count). The molecule has 158 valence electrons. The van der Waals surface area contributed by atoms with Crippen LogP contribution in [-0.4, -0.2) is 25.0 Å². The SMILES string of the molecule is CCOc1ccccc1Nc1nc2ccccc2nc1NS(=O)(=O)c1ccc(C)cc1. The lowest BCUT2D eigenvalue weighted by Gasteiger charge is -2.16. The van der Waals surface area contributed by atoms with Crippen LogP contribution in [0.3, 0.4) is 0 Å². The first-order valence-electron chi connectivity index (χ1n) is 9.81. The maximum atomic E-state index is 13.0. The van der Waals surface area contributed by atoms with Gasteiger partial charge in [-0.25, -0.2) is 18.4 Å². The van der Waals surface area contributed by atoms with E-state index in [4.69, 9.17) is 4.74 Å². The highest BCUT2D eigenvalue weighted by Gasteiger charge is 2.19. The standard InChI is InChI=1S/C23H22N4O3S/c1-3-30-21-11-7-6-10-20(21)26-22-23(25-19-9-5-4-8-18(19)24-22)27-31(28,29)17-14-12-16(2)13-15-17/h4-15H,3H2,1-2H3,(H,24,26)(H,25,27). The van der Waals surface area contributed by atoms with E-state index in [0.29, 0.717) is 29.1 Å². The van der Waals surface area contributed by atoms with Gasteiger partial charge in [0.2, 0.25) is 0 Å². The molecule has 1 aromatic heterocycles. The predicted molar refractivity (Wildman–Crippen MR) is 122 cm³/mol. The Morgan fingerprint density at radius 1 is 0.839 bits per heavy atom. The fourth-order valence-electron chi connectivity index (χ4n) is 3.04. The van der Waals surface area contributed by atoms with Gasteiger partial charge >= 0.3 is 0 Å². The molecule has 3 aromatic carbocycles. The molecule has 0 bridgehead atoms. The van der Waals surface area contributed by atoms with Crippen LogP contribution in [0.15, 0.2) is 77.7 Å². The molecule has 0 radical (unpaired) electrons. The van der Waals surface area contributed by atoms with Crippen LogP contribution in [0, 0.1) is 6.92 Å². The van der Waals surface area contributed by atoms with E-state index in [0.717, 1.165) is 5.56 Å². The van der Waals surface area contributed by atoms with Crippen molar-refractivity contribution in [3.8, 4) is 5.75 Å². The van der Waals surface area contributed by atoms with Crippen molar-refractivity contribution in [2.45, 2.75) is 18.7 Å². The van der Waals surface area contributed by atoms with Crippen LogP contribution in [0.2, 0.25) is 0 Å². The zero-order valence-corrected chi connectivity index (χ0v) is 18.0. The van der Waals surface area contributed by atoms with E-state index in [9.17, 15) is 8.42 Å². The Balaban J connectivity index is 1.78. The molecule has 8 heteroatoms. The van der Waals surface area contributed by atoms with Crippen molar-refractivity contribution < 1.29 is 13.2 Å². The summed E-state index contributed by atoms with van der Waals surface area (Å²) in [6.45, 7) is 4.29. The van der Waals surface area contributed by atoms with Crippen molar-refractivity contribution in [3.05, 3.63) is 78.4 Å². The van der Waals surface area contributed by atoms with Crippen molar-refractivity contribution in [3.63, 3.8) is 0 Å². The molecule has 7 nitrogen and oxygen atoms in total. The number of sulfonamides is 1. The highest BCUT2D eigenvalue weighted by molar-refractivity contribution is 7.92. The summed E-state index contributed by atoms with van der Waals surface area (Å²) in [4.78, 5) is 9.27. The zero-order chi connectivity index (χ0) is 21.8. The quantitative estimate of drug-likeness (QED) is 0.431. The Bertz CT molecular complexity index is 1320. The highest BCUT2D eigenvalue weighted by Crippen LogP contribution is 2.31. The van der Waals surface area contributed by atoms with Gasteiger partial charge in [-0.05, 0) is 50.2 Å². The van der Waals surface area contributed by atoms with Crippen LogP contribution < -0.4 is 14.8 Å². The monoisotopic (exact) mass is 434 g/mol. The van der Waals surface area contributed by atoms with E-state index in [2.05, 4.69) is 20.0 Å². The second-order valence-electron chi connectivity index (χ2n) is 6.88. The largest absolute Gasteiger partial charge is 0.492 e. The van der Waals surface area contributed by atoms with Gasteiger partial charge in [-0.2, -0.15) is 0 Å². The summed E-state index contributed by atoms with van der Waals surface area (Å²) in [5.74, 6) is 1.01. The third-order valence-corrected chi connectivity index (χ3v) is 5.93. The summed E-state index contributed by atoms with van der Waals surface area (Å²) in [5, 5.41) is 3.18. The molecular weight excluding hydrogens is 412 g/mol. The average molecular weight is 435 g/mol. The molecule has 4 aromatic rings. The number of hydrogen-bond donors (Lipinski definition) is 2. The third-order valence-electron chi connectivity index (χ3n) is 4.57. The van der Waals surface area contributed by atoms with Crippen molar-refractivity contribution in [1.82, 2.24) is 9.97 Å². The van der Waals surface area contributed by atoms with Crippen LogP contribution >= 0.6 is 0 Å². The van der Waals surface area contributed by atoms with Crippen LogP contribution in [-0.2, 0) is 10.0 Å². The summed E-state index contributed by atoms with van der Waals surface area (Å²) in [5.41, 5.74) is 2.84. The van der Waals surface area contributed by atoms with E-state index in [1.54, 1.807) is 30.3 Å². The molecule has 2 N–H and O–H groups in total. The number of anilines is 3. The number of aryl methyl sites for hydroxylation is 1. The number of fused-ring (bicyclic) bond motifs is 1. The van der Waals surface area contributed by atoms with Gasteiger partial charge < -0.3 is 10.1 Å². The molecule has 0 spiro atoms. The summed E-state index contributed by atoms with van der Waals surface area (Å²) >= 11 is 0. The second-order valence-corrected chi connectivity index (χ2v) is 8.56. The first-order valence-corrected chi connectivity index (χ1v) is 11.3. The van der Waals surface area contributed by atoms with Crippen molar-refractivity contribution in [2.24, 2.45) is 0 Å².